The van der Waals surface area contributed by atoms with Crippen LogP contribution in [0.2, 0.25) is 0 Å². The maximum atomic E-state index is 13.3. The lowest BCUT2D eigenvalue weighted by atomic mass is 10.00. The van der Waals surface area contributed by atoms with E-state index < -0.39 is 29.8 Å². The number of thiazole rings is 1. The standard InChI is InChI=1S/C29H41N5O5S/c1-17(2)13-20-15-39-23-10-7-6-9-21(23)27(36)33-22(14-24(35)34-26(18(3)4)29(38)32-20)28(37)30-12-8-11-25-31-19(5)16-40-25/h6-7,9-10,16-18,20,22,26H,8,11-15H2,1-5H3,(H,30,37)(H,32,38)(H,33,36)(H,34,35)/t20-,22+,26-/m1/s1. The molecular formula is C29H41N5O5S. The summed E-state index contributed by atoms with van der Waals surface area (Å²) in [5.41, 5.74) is 1.21. The summed E-state index contributed by atoms with van der Waals surface area (Å²) in [4.78, 5) is 57.2. The Hall–Kier alpha value is -3.47. The molecule has 10 nitrogen and oxygen atoms in total. The highest BCUT2D eigenvalue weighted by Gasteiger charge is 2.31. The number of rotatable bonds is 8. The number of para-hydroxylation sites is 1. The van der Waals surface area contributed by atoms with Crippen LogP contribution in [-0.4, -0.2) is 59.9 Å². The van der Waals surface area contributed by atoms with Crippen molar-refractivity contribution in [2.45, 2.75) is 78.4 Å². The van der Waals surface area contributed by atoms with E-state index in [0.29, 0.717) is 31.6 Å². The molecule has 2 heterocycles. The van der Waals surface area contributed by atoms with Gasteiger partial charge in [-0.15, -0.1) is 11.3 Å². The third-order valence-corrected chi connectivity index (χ3v) is 7.51. The maximum Gasteiger partial charge on any atom is 0.255 e. The van der Waals surface area contributed by atoms with Crippen molar-refractivity contribution in [1.29, 1.82) is 0 Å². The van der Waals surface area contributed by atoms with E-state index in [1.165, 1.54) is 0 Å². The average molecular weight is 572 g/mol. The predicted molar refractivity (Wildman–Crippen MR) is 154 cm³/mol. The number of hydrogen-bond donors (Lipinski definition) is 4. The number of nitrogens with zero attached hydrogens (tertiary/aromatic N) is 1. The summed E-state index contributed by atoms with van der Waals surface area (Å²) in [7, 11) is 0. The second-order valence-electron chi connectivity index (χ2n) is 10.9. The lowest BCUT2D eigenvalue weighted by Gasteiger charge is -2.28. The highest BCUT2D eigenvalue weighted by atomic mass is 32.1. The molecule has 218 valence electrons. The van der Waals surface area contributed by atoms with E-state index in [4.69, 9.17) is 4.74 Å². The molecule has 0 unspecified atom stereocenters. The van der Waals surface area contributed by atoms with Gasteiger partial charge in [0.2, 0.25) is 17.7 Å². The molecule has 3 rings (SSSR count). The van der Waals surface area contributed by atoms with Crippen LogP contribution < -0.4 is 26.0 Å². The molecule has 2 aromatic rings. The molecule has 1 aliphatic heterocycles. The molecular weight excluding hydrogens is 530 g/mol. The summed E-state index contributed by atoms with van der Waals surface area (Å²) in [6.45, 7) is 10.2. The van der Waals surface area contributed by atoms with Crippen LogP contribution in [-0.2, 0) is 20.8 Å². The van der Waals surface area contributed by atoms with Crippen LogP contribution in [0, 0.1) is 18.8 Å². The molecule has 1 aromatic heterocycles. The molecule has 11 heteroatoms. The lowest BCUT2D eigenvalue weighted by Crippen LogP contribution is -2.55. The number of carbonyl (C=O) groups is 4. The van der Waals surface area contributed by atoms with Gasteiger partial charge in [0.25, 0.3) is 5.91 Å². The van der Waals surface area contributed by atoms with E-state index in [0.717, 1.165) is 10.7 Å². The highest BCUT2D eigenvalue weighted by molar-refractivity contribution is 7.09. The minimum Gasteiger partial charge on any atom is -0.491 e. The van der Waals surface area contributed by atoms with Gasteiger partial charge >= 0.3 is 0 Å². The third-order valence-electron chi connectivity index (χ3n) is 6.48. The zero-order valence-corrected chi connectivity index (χ0v) is 24.7. The third kappa shape index (κ3) is 9.32. The van der Waals surface area contributed by atoms with E-state index in [9.17, 15) is 19.2 Å². The van der Waals surface area contributed by atoms with Crippen molar-refractivity contribution >= 4 is 35.0 Å². The largest absolute Gasteiger partial charge is 0.491 e. The Kier molecular flexibility index (Phi) is 11.5. The van der Waals surface area contributed by atoms with Crippen LogP contribution in [0.25, 0.3) is 0 Å². The Morgan fingerprint density at radius 1 is 1.12 bits per heavy atom. The topological polar surface area (TPSA) is 139 Å². The van der Waals surface area contributed by atoms with E-state index in [-0.39, 0.29) is 42.4 Å². The Morgan fingerprint density at radius 2 is 1.88 bits per heavy atom. The summed E-state index contributed by atoms with van der Waals surface area (Å²) in [5, 5.41) is 14.3. The fraction of sp³-hybridized carbons (Fsp3) is 0.552. The Bertz CT molecular complexity index is 1180. The van der Waals surface area contributed by atoms with Gasteiger partial charge in [-0.2, -0.15) is 0 Å². The van der Waals surface area contributed by atoms with Gasteiger partial charge in [0.1, 0.15) is 24.4 Å². The highest BCUT2D eigenvalue weighted by Crippen LogP contribution is 2.20. The van der Waals surface area contributed by atoms with Crippen LogP contribution in [0.5, 0.6) is 5.75 Å². The SMILES string of the molecule is Cc1csc(CCCNC(=O)[C@@H]2CC(=O)N[C@H](C(C)C)C(=O)N[C@H](CC(C)C)COc3ccccc3C(=O)N2)n1. The molecule has 0 aliphatic carbocycles. The number of amides is 4. The molecule has 4 amide bonds. The van der Waals surface area contributed by atoms with Gasteiger partial charge in [-0.25, -0.2) is 4.98 Å². The molecule has 0 saturated heterocycles. The zero-order chi connectivity index (χ0) is 29.2. The van der Waals surface area contributed by atoms with Crippen molar-refractivity contribution in [1.82, 2.24) is 26.3 Å². The van der Waals surface area contributed by atoms with E-state index >= 15 is 0 Å². The minimum atomic E-state index is -1.14. The van der Waals surface area contributed by atoms with Crippen molar-refractivity contribution in [3.05, 3.63) is 45.9 Å². The zero-order valence-electron chi connectivity index (χ0n) is 23.9. The number of fused-ring (bicyclic) bond motifs is 1. The molecule has 40 heavy (non-hydrogen) atoms. The Morgan fingerprint density at radius 3 is 2.55 bits per heavy atom. The molecule has 1 aliphatic rings. The quantitative estimate of drug-likeness (QED) is 0.360. The van der Waals surface area contributed by atoms with Gasteiger partial charge in [0, 0.05) is 24.0 Å². The first-order chi connectivity index (χ1) is 19.0. The molecule has 0 fully saturated rings. The fourth-order valence-corrected chi connectivity index (χ4v) is 5.31. The van der Waals surface area contributed by atoms with Gasteiger partial charge in [-0.05, 0) is 43.7 Å². The normalized spacial score (nSPS) is 20.6. The monoisotopic (exact) mass is 571 g/mol. The van der Waals surface area contributed by atoms with Gasteiger partial charge < -0.3 is 26.0 Å². The molecule has 0 radical (unpaired) electrons. The van der Waals surface area contributed by atoms with Gasteiger partial charge in [-0.3, -0.25) is 19.2 Å². The van der Waals surface area contributed by atoms with Gasteiger partial charge in [0.05, 0.1) is 23.0 Å². The van der Waals surface area contributed by atoms with Crippen molar-refractivity contribution in [2.24, 2.45) is 11.8 Å². The Balaban J connectivity index is 1.80. The van der Waals surface area contributed by atoms with Crippen LogP contribution in [0.4, 0.5) is 0 Å². The molecule has 3 atom stereocenters. The molecule has 0 bridgehead atoms. The summed E-state index contributed by atoms with van der Waals surface area (Å²) in [6, 6.07) is 4.46. The van der Waals surface area contributed by atoms with Crippen LogP contribution >= 0.6 is 11.3 Å². The molecule has 0 spiro atoms. The van der Waals surface area contributed by atoms with Crippen molar-refractivity contribution in [2.75, 3.05) is 13.2 Å². The van der Waals surface area contributed by atoms with Gasteiger partial charge in [-0.1, -0.05) is 39.8 Å². The van der Waals surface area contributed by atoms with Crippen LogP contribution in [0.15, 0.2) is 29.6 Å². The maximum absolute atomic E-state index is 13.3. The first-order valence-corrected chi connectivity index (χ1v) is 14.7. The number of hydrogen-bond acceptors (Lipinski definition) is 7. The summed E-state index contributed by atoms with van der Waals surface area (Å²) < 4.78 is 6.03. The fourth-order valence-electron chi connectivity index (χ4n) is 4.49. The number of aryl methyl sites for hydroxylation is 2. The average Bonchev–Trinajstić information content (AvgIpc) is 3.31. The van der Waals surface area contributed by atoms with Crippen molar-refractivity contribution < 1.29 is 23.9 Å². The van der Waals surface area contributed by atoms with E-state index in [2.05, 4.69) is 26.3 Å². The number of benzene rings is 1. The Labute approximate surface area is 240 Å². The number of carbonyl (C=O) groups excluding carboxylic acids is 4. The van der Waals surface area contributed by atoms with Crippen LogP contribution in [0.3, 0.4) is 0 Å². The first kappa shape index (κ1) is 31.1. The minimum absolute atomic E-state index is 0.148. The number of nitrogens with one attached hydrogen (secondary N) is 4. The van der Waals surface area contributed by atoms with Crippen molar-refractivity contribution in [3.8, 4) is 5.75 Å². The number of ether oxygens (including phenoxy) is 1. The lowest BCUT2D eigenvalue weighted by molar-refractivity contribution is -0.132. The smallest absolute Gasteiger partial charge is 0.255 e. The van der Waals surface area contributed by atoms with Gasteiger partial charge in [0.15, 0.2) is 0 Å². The molecule has 4 N–H and O–H groups in total. The van der Waals surface area contributed by atoms with E-state index in [1.54, 1.807) is 35.6 Å². The number of aromatic nitrogens is 1. The predicted octanol–water partition coefficient (Wildman–Crippen LogP) is 2.75. The second kappa shape index (κ2) is 14.8. The first-order valence-electron chi connectivity index (χ1n) is 13.8. The molecule has 1 aromatic carbocycles. The summed E-state index contributed by atoms with van der Waals surface area (Å²) in [6.07, 6.45) is 1.71. The van der Waals surface area contributed by atoms with E-state index in [1.807, 2.05) is 40.0 Å². The molecule has 0 saturated carbocycles. The second-order valence-corrected chi connectivity index (χ2v) is 11.9. The summed E-state index contributed by atoms with van der Waals surface area (Å²) in [5.74, 6) is -1.41. The van der Waals surface area contributed by atoms with Crippen molar-refractivity contribution in [3.63, 3.8) is 0 Å². The summed E-state index contributed by atoms with van der Waals surface area (Å²) >= 11 is 1.57. The van der Waals surface area contributed by atoms with Crippen LogP contribution in [0.1, 0.15) is 68.0 Å².